The van der Waals surface area contributed by atoms with Crippen molar-refractivity contribution in [2.24, 2.45) is 5.92 Å². The van der Waals surface area contributed by atoms with Crippen LogP contribution in [0.25, 0.3) is 0 Å². The number of ether oxygens (including phenoxy) is 3. The van der Waals surface area contributed by atoms with Gasteiger partial charge in [-0.25, -0.2) is 0 Å². The van der Waals surface area contributed by atoms with E-state index >= 15 is 0 Å². The van der Waals surface area contributed by atoms with Gasteiger partial charge in [0.25, 0.3) is 5.91 Å². The molecule has 0 fully saturated rings. The predicted octanol–water partition coefficient (Wildman–Crippen LogP) is 3.58. The Bertz CT molecular complexity index is 873. The summed E-state index contributed by atoms with van der Waals surface area (Å²) in [6, 6.07) is 12.3. The molecular formula is C25H34N2O5. The Morgan fingerprint density at radius 1 is 0.938 bits per heavy atom. The third-order valence-corrected chi connectivity index (χ3v) is 5.01. The molecule has 174 valence electrons. The van der Waals surface area contributed by atoms with Crippen molar-refractivity contribution in [2.45, 2.75) is 40.3 Å². The van der Waals surface area contributed by atoms with Crippen LogP contribution >= 0.6 is 0 Å². The smallest absolute Gasteiger partial charge is 0.261 e. The molecule has 1 N–H and O–H groups in total. The van der Waals surface area contributed by atoms with Crippen molar-refractivity contribution in [1.82, 2.24) is 10.2 Å². The molecule has 0 aromatic heterocycles. The summed E-state index contributed by atoms with van der Waals surface area (Å²) < 4.78 is 16.2. The van der Waals surface area contributed by atoms with Crippen LogP contribution in [0.4, 0.5) is 0 Å². The Balaban J connectivity index is 2.17. The molecule has 0 heterocycles. The first-order valence-electron chi connectivity index (χ1n) is 10.7. The zero-order valence-corrected chi connectivity index (χ0v) is 19.8. The Morgan fingerprint density at radius 3 is 2.03 bits per heavy atom. The molecule has 7 heteroatoms. The number of hydrogen-bond donors (Lipinski definition) is 1. The zero-order valence-electron chi connectivity index (χ0n) is 19.8. The van der Waals surface area contributed by atoms with Gasteiger partial charge in [0, 0.05) is 31.3 Å². The van der Waals surface area contributed by atoms with E-state index in [2.05, 4.69) is 5.32 Å². The van der Waals surface area contributed by atoms with Crippen molar-refractivity contribution >= 4 is 11.8 Å². The van der Waals surface area contributed by atoms with E-state index in [-0.39, 0.29) is 18.4 Å². The highest BCUT2D eigenvalue weighted by atomic mass is 16.5. The molecule has 0 radical (unpaired) electrons. The van der Waals surface area contributed by atoms with Crippen LogP contribution in [-0.4, -0.2) is 50.1 Å². The number of rotatable bonds is 11. The zero-order chi connectivity index (χ0) is 23.7. The summed E-state index contributed by atoms with van der Waals surface area (Å²) in [4.78, 5) is 27.4. The molecule has 0 unspecified atom stereocenters. The molecule has 0 aliphatic heterocycles. The van der Waals surface area contributed by atoms with Crippen LogP contribution in [0.1, 0.15) is 31.9 Å². The molecule has 2 aromatic rings. The van der Waals surface area contributed by atoms with Gasteiger partial charge in [0.05, 0.1) is 14.2 Å². The van der Waals surface area contributed by atoms with Gasteiger partial charge in [-0.05, 0) is 25.3 Å². The van der Waals surface area contributed by atoms with E-state index in [1.54, 1.807) is 39.3 Å². The highest BCUT2D eigenvalue weighted by Crippen LogP contribution is 2.27. The number of aryl methyl sites for hydroxylation is 1. The molecule has 7 nitrogen and oxygen atoms in total. The highest BCUT2D eigenvalue weighted by Gasteiger charge is 2.26. The maximum Gasteiger partial charge on any atom is 0.261 e. The molecule has 0 aliphatic carbocycles. The molecule has 0 bridgehead atoms. The van der Waals surface area contributed by atoms with Gasteiger partial charge in [0.1, 0.15) is 23.3 Å². The molecule has 0 aliphatic rings. The van der Waals surface area contributed by atoms with Gasteiger partial charge in [-0.2, -0.15) is 0 Å². The second-order valence-electron chi connectivity index (χ2n) is 8.16. The summed E-state index contributed by atoms with van der Waals surface area (Å²) in [7, 11) is 3.09. The van der Waals surface area contributed by atoms with Crippen LogP contribution in [0.5, 0.6) is 17.2 Å². The average Bonchev–Trinajstić information content (AvgIpc) is 2.79. The van der Waals surface area contributed by atoms with Crippen molar-refractivity contribution in [3.63, 3.8) is 0 Å². The number of carbonyl (C=O) groups is 2. The van der Waals surface area contributed by atoms with Gasteiger partial charge >= 0.3 is 0 Å². The summed E-state index contributed by atoms with van der Waals surface area (Å²) in [5.74, 6) is 1.40. The third-order valence-electron chi connectivity index (χ3n) is 5.01. The minimum Gasteiger partial charge on any atom is -0.496 e. The number of nitrogens with zero attached hydrogens (tertiary/aromatic N) is 1. The lowest BCUT2D eigenvalue weighted by atomic mass is 10.1. The molecule has 2 aromatic carbocycles. The number of methoxy groups -OCH3 is 2. The standard InChI is InChI=1S/C25H34N2O5/c1-17(2)14-26-25(29)19(4)27(15-20-9-7-18(3)8-10-20)24(28)16-32-23-12-21(30-5)11-22(13-23)31-6/h7-13,17,19H,14-16H2,1-6H3,(H,26,29)/t19-/m0/s1. The lowest BCUT2D eigenvalue weighted by Crippen LogP contribution is -2.49. The van der Waals surface area contributed by atoms with Gasteiger partial charge in [-0.1, -0.05) is 43.7 Å². The second kappa shape index (κ2) is 12.0. The Hall–Kier alpha value is -3.22. The first-order chi connectivity index (χ1) is 15.2. The Labute approximate surface area is 190 Å². The number of amides is 2. The monoisotopic (exact) mass is 442 g/mol. The summed E-state index contributed by atoms with van der Waals surface area (Å²) in [6.45, 7) is 8.42. The molecule has 0 saturated carbocycles. The largest absolute Gasteiger partial charge is 0.496 e. The van der Waals surface area contributed by atoms with Crippen molar-refractivity contribution in [3.8, 4) is 17.2 Å². The average molecular weight is 443 g/mol. The number of carbonyl (C=O) groups excluding carboxylic acids is 2. The Morgan fingerprint density at radius 2 is 1.50 bits per heavy atom. The molecular weight excluding hydrogens is 408 g/mol. The summed E-state index contributed by atoms with van der Waals surface area (Å²) >= 11 is 0. The van der Waals surface area contributed by atoms with Gasteiger partial charge in [-0.3, -0.25) is 9.59 Å². The van der Waals surface area contributed by atoms with Crippen LogP contribution in [0, 0.1) is 12.8 Å². The first-order valence-corrected chi connectivity index (χ1v) is 10.7. The van der Waals surface area contributed by atoms with E-state index in [0.717, 1.165) is 11.1 Å². The molecule has 2 rings (SSSR count). The first kappa shape index (κ1) is 25.0. The normalized spacial score (nSPS) is 11.6. The van der Waals surface area contributed by atoms with Crippen molar-refractivity contribution < 1.29 is 23.8 Å². The van der Waals surface area contributed by atoms with Crippen LogP contribution < -0.4 is 19.5 Å². The quantitative estimate of drug-likeness (QED) is 0.576. The number of hydrogen-bond acceptors (Lipinski definition) is 5. The van der Waals surface area contributed by atoms with Crippen molar-refractivity contribution in [2.75, 3.05) is 27.4 Å². The highest BCUT2D eigenvalue weighted by molar-refractivity contribution is 5.88. The second-order valence-corrected chi connectivity index (χ2v) is 8.16. The van der Waals surface area contributed by atoms with Crippen molar-refractivity contribution in [1.29, 1.82) is 0 Å². The van der Waals surface area contributed by atoms with Crippen LogP contribution in [0.2, 0.25) is 0 Å². The summed E-state index contributed by atoms with van der Waals surface area (Å²) in [5, 5.41) is 2.91. The molecule has 0 saturated heterocycles. The fourth-order valence-corrected chi connectivity index (χ4v) is 3.02. The van der Waals surface area contributed by atoms with E-state index in [1.807, 2.05) is 45.0 Å². The molecule has 0 spiro atoms. The lowest BCUT2D eigenvalue weighted by Gasteiger charge is -2.29. The fourth-order valence-electron chi connectivity index (χ4n) is 3.02. The molecule has 1 atom stereocenters. The minimum absolute atomic E-state index is 0.192. The number of nitrogens with one attached hydrogen (secondary N) is 1. The maximum atomic E-state index is 13.1. The lowest BCUT2D eigenvalue weighted by molar-refractivity contribution is -0.142. The predicted molar refractivity (Wildman–Crippen MR) is 124 cm³/mol. The van der Waals surface area contributed by atoms with Gasteiger partial charge < -0.3 is 24.4 Å². The summed E-state index contributed by atoms with van der Waals surface area (Å²) in [5.41, 5.74) is 2.07. The summed E-state index contributed by atoms with van der Waals surface area (Å²) in [6.07, 6.45) is 0. The van der Waals surface area contributed by atoms with Gasteiger partial charge in [-0.15, -0.1) is 0 Å². The molecule has 2 amide bonds. The van der Waals surface area contributed by atoms with E-state index in [4.69, 9.17) is 14.2 Å². The van der Waals surface area contributed by atoms with Gasteiger partial charge in [0.2, 0.25) is 5.91 Å². The van der Waals surface area contributed by atoms with Gasteiger partial charge in [0.15, 0.2) is 6.61 Å². The third kappa shape index (κ3) is 7.48. The van der Waals surface area contributed by atoms with Crippen LogP contribution in [0.15, 0.2) is 42.5 Å². The SMILES string of the molecule is COc1cc(OC)cc(OCC(=O)N(Cc2ccc(C)cc2)[C@@H](C)C(=O)NCC(C)C)c1. The van der Waals surface area contributed by atoms with E-state index < -0.39 is 6.04 Å². The number of benzene rings is 2. The fraction of sp³-hybridized carbons (Fsp3) is 0.440. The topological polar surface area (TPSA) is 77.1 Å². The van der Waals surface area contributed by atoms with Crippen molar-refractivity contribution in [3.05, 3.63) is 53.6 Å². The Kier molecular flexibility index (Phi) is 9.38. The van der Waals surface area contributed by atoms with E-state index in [9.17, 15) is 9.59 Å². The van der Waals surface area contributed by atoms with E-state index in [1.165, 1.54) is 4.90 Å². The molecule has 32 heavy (non-hydrogen) atoms. The van der Waals surface area contributed by atoms with Crippen LogP contribution in [0.3, 0.4) is 0 Å². The van der Waals surface area contributed by atoms with E-state index in [0.29, 0.717) is 36.3 Å². The minimum atomic E-state index is -0.647. The maximum absolute atomic E-state index is 13.1. The van der Waals surface area contributed by atoms with Crippen LogP contribution in [-0.2, 0) is 16.1 Å².